The summed E-state index contributed by atoms with van der Waals surface area (Å²) in [7, 11) is 0. The molecular formula is C29H17N3S. The topological polar surface area (TPSA) is 38.7 Å². The van der Waals surface area contributed by atoms with Crippen LogP contribution in [0.4, 0.5) is 0 Å². The van der Waals surface area contributed by atoms with E-state index in [4.69, 9.17) is 9.97 Å². The number of pyridine rings is 3. The molecule has 0 aliphatic carbocycles. The maximum atomic E-state index is 5.09. The van der Waals surface area contributed by atoms with Gasteiger partial charge >= 0.3 is 0 Å². The maximum absolute atomic E-state index is 5.09. The molecule has 0 aliphatic heterocycles. The van der Waals surface area contributed by atoms with E-state index >= 15 is 0 Å². The quantitative estimate of drug-likeness (QED) is 0.257. The van der Waals surface area contributed by atoms with Crippen molar-refractivity contribution in [2.75, 3.05) is 0 Å². The van der Waals surface area contributed by atoms with Gasteiger partial charge in [-0.05, 0) is 36.4 Å². The van der Waals surface area contributed by atoms with Crippen LogP contribution in [0.1, 0.15) is 0 Å². The Morgan fingerprint density at radius 2 is 1.21 bits per heavy atom. The highest BCUT2D eigenvalue weighted by Gasteiger charge is 2.11. The van der Waals surface area contributed by atoms with Crippen molar-refractivity contribution in [3.63, 3.8) is 0 Å². The fourth-order valence-electron chi connectivity index (χ4n) is 4.47. The zero-order valence-electron chi connectivity index (χ0n) is 17.6. The van der Waals surface area contributed by atoms with E-state index in [0.717, 1.165) is 44.5 Å². The number of thiophene rings is 1. The van der Waals surface area contributed by atoms with Gasteiger partial charge in [0.05, 0.1) is 28.1 Å². The van der Waals surface area contributed by atoms with Gasteiger partial charge in [-0.25, -0.2) is 9.97 Å². The Bertz CT molecular complexity index is 1820. The van der Waals surface area contributed by atoms with Gasteiger partial charge in [0, 0.05) is 42.7 Å². The van der Waals surface area contributed by atoms with E-state index in [1.165, 1.54) is 20.2 Å². The van der Waals surface area contributed by atoms with Crippen LogP contribution in [-0.4, -0.2) is 15.0 Å². The Hall–Kier alpha value is -4.15. The molecule has 3 aromatic carbocycles. The number of fused-ring (bicyclic) bond motifs is 6. The zero-order valence-corrected chi connectivity index (χ0v) is 18.4. The molecule has 0 aliphatic rings. The molecule has 4 heterocycles. The second kappa shape index (κ2) is 7.19. The highest BCUT2D eigenvalue weighted by atomic mass is 32.1. The van der Waals surface area contributed by atoms with Gasteiger partial charge in [-0.3, -0.25) is 4.98 Å². The van der Waals surface area contributed by atoms with Gasteiger partial charge in [-0.1, -0.05) is 60.7 Å². The average Bonchev–Trinajstić information content (AvgIpc) is 3.26. The number of rotatable bonds is 2. The molecule has 7 rings (SSSR count). The summed E-state index contributed by atoms with van der Waals surface area (Å²) in [6, 6.07) is 33.7. The Morgan fingerprint density at radius 1 is 0.515 bits per heavy atom. The Labute approximate surface area is 194 Å². The summed E-state index contributed by atoms with van der Waals surface area (Å²) in [4.78, 5) is 14.5. The number of benzene rings is 3. The monoisotopic (exact) mass is 439 g/mol. The third-order valence-electron chi connectivity index (χ3n) is 6.12. The normalized spacial score (nSPS) is 11.6. The molecule has 33 heavy (non-hydrogen) atoms. The van der Waals surface area contributed by atoms with Crippen LogP contribution in [0.15, 0.2) is 103 Å². The molecule has 0 saturated heterocycles. The van der Waals surface area contributed by atoms with E-state index in [2.05, 4.69) is 77.8 Å². The van der Waals surface area contributed by atoms with E-state index in [9.17, 15) is 0 Å². The van der Waals surface area contributed by atoms with Crippen molar-refractivity contribution in [1.29, 1.82) is 0 Å². The molecule has 0 N–H and O–H groups in total. The summed E-state index contributed by atoms with van der Waals surface area (Å²) in [6.07, 6.45) is 1.80. The zero-order chi connectivity index (χ0) is 21.8. The van der Waals surface area contributed by atoms with Gasteiger partial charge in [0.1, 0.15) is 0 Å². The van der Waals surface area contributed by atoms with Gasteiger partial charge in [0.15, 0.2) is 0 Å². The molecular weight excluding hydrogens is 422 g/mol. The van der Waals surface area contributed by atoms with Crippen LogP contribution < -0.4 is 0 Å². The first kappa shape index (κ1) is 18.4. The predicted molar refractivity (Wildman–Crippen MR) is 139 cm³/mol. The van der Waals surface area contributed by atoms with Crippen molar-refractivity contribution in [3.8, 4) is 22.6 Å². The molecule has 0 atom stereocenters. The van der Waals surface area contributed by atoms with Crippen LogP contribution in [0.25, 0.3) is 64.6 Å². The van der Waals surface area contributed by atoms with Crippen LogP contribution in [0.2, 0.25) is 0 Å². The minimum atomic E-state index is 0.856. The van der Waals surface area contributed by atoms with E-state index < -0.39 is 0 Å². The van der Waals surface area contributed by atoms with Gasteiger partial charge in [0.2, 0.25) is 0 Å². The molecule has 3 nitrogen and oxygen atoms in total. The molecule has 154 valence electrons. The lowest BCUT2D eigenvalue weighted by Crippen LogP contribution is -1.91. The number of aromatic nitrogens is 3. The molecule has 7 aromatic rings. The van der Waals surface area contributed by atoms with Crippen LogP contribution in [0, 0.1) is 0 Å². The standard InChI is InChI=1S/C29H17N3S/c1-2-7-26-21(5-1)22-13-10-20(17-27(22)33-26)23-14-11-18-8-9-19-12-15-25(24-6-3-4-16-30-24)32-29(19)28(18)31-23/h1-17H. The summed E-state index contributed by atoms with van der Waals surface area (Å²) in [5.74, 6) is 0. The Morgan fingerprint density at radius 3 is 2.03 bits per heavy atom. The Kier molecular flexibility index (Phi) is 4.01. The van der Waals surface area contributed by atoms with Crippen molar-refractivity contribution >= 4 is 53.3 Å². The van der Waals surface area contributed by atoms with Gasteiger partial charge in [-0.15, -0.1) is 11.3 Å². The van der Waals surface area contributed by atoms with Crippen molar-refractivity contribution in [3.05, 3.63) is 103 Å². The van der Waals surface area contributed by atoms with Crippen molar-refractivity contribution in [1.82, 2.24) is 15.0 Å². The van der Waals surface area contributed by atoms with Crippen LogP contribution >= 0.6 is 11.3 Å². The second-order valence-corrected chi connectivity index (χ2v) is 9.21. The molecule has 0 fully saturated rings. The third-order valence-corrected chi connectivity index (χ3v) is 7.26. The van der Waals surface area contributed by atoms with Crippen molar-refractivity contribution in [2.24, 2.45) is 0 Å². The van der Waals surface area contributed by atoms with Crippen molar-refractivity contribution in [2.45, 2.75) is 0 Å². The van der Waals surface area contributed by atoms with Crippen LogP contribution in [0.5, 0.6) is 0 Å². The summed E-state index contributed by atoms with van der Waals surface area (Å²) in [6.45, 7) is 0. The molecule has 4 heteroatoms. The molecule has 0 amide bonds. The van der Waals surface area contributed by atoms with E-state index in [0.29, 0.717) is 0 Å². The minimum absolute atomic E-state index is 0.856. The summed E-state index contributed by atoms with van der Waals surface area (Å²) in [5, 5.41) is 4.77. The highest BCUT2D eigenvalue weighted by Crippen LogP contribution is 2.36. The maximum Gasteiger partial charge on any atom is 0.0973 e. The lowest BCUT2D eigenvalue weighted by molar-refractivity contribution is 1.27. The van der Waals surface area contributed by atoms with Gasteiger partial charge in [-0.2, -0.15) is 0 Å². The molecule has 0 unspecified atom stereocenters. The lowest BCUT2D eigenvalue weighted by Gasteiger charge is -2.08. The first-order valence-corrected chi connectivity index (χ1v) is 11.7. The second-order valence-electron chi connectivity index (χ2n) is 8.13. The van der Waals surface area contributed by atoms with E-state index in [-0.39, 0.29) is 0 Å². The SMILES string of the molecule is c1ccc(-c2ccc3ccc4ccc(-c5ccc6c(c5)sc5ccccc56)nc4c3n2)nc1. The summed E-state index contributed by atoms with van der Waals surface area (Å²) < 4.78 is 2.59. The minimum Gasteiger partial charge on any atom is -0.255 e. The van der Waals surface area contributed by atoms with E-state index in [1.54, 1.807) is 6.20 Å². The smallest absolute Gasteiger partial charge is 0.0973 e. The average molecular weight is 440 g/mol. The summed E-state index contributed by atoms with van der Waals surface area (Å²) in [5.41, 5.74) is 5.62. The first-order chi connectivity index (χ1) is 16.3. The summed E-state index contributed by atoms with van der Waals surface area (Å²) >= 11 is 1.83. The highest BCUT2D eigenvalue weighted by molar-refractivity contribution is 7.25. The first-order valence-electron chi connectivity index (χ1n) is 10.9. The number of hydrogen-bond acceptors (Lipinski definition) is 4. The number of nitrogens with zero attached hydrogens (tertiary/aromatic N) is 3. The molecule has 0 spiro atoms. The van der Waals surface area contributed by atoms with Gasteiger partial charge in [0.25, 0.3) is 0 Å². The largest absolute Gasteiger partial charge is 0.255 e. The molecule has 0 radical (unpaired) electrons. The third kappa shape index (κ3) is 2.99. The fourth-order valence-corrected chi connectivity index (χ4v) is 5.62. The van der Waals surface area contributed by atoms with Crippen molar-refractivity contribution < 1.29 is 0 Å². The van der Waals surface area contributed by atoms with E-state index in [1.807, 2.05) is 35.6 Å². The fraction of sp³-hybridized carbons (Fsp3) is 0. The van der Waals surface area contributed by atoms with Crippen LogP contribution in [-0.2, 0) is 0 Å². The molecule has 0 saturated carbocycles. The lowest BCUT2D eigenvalue weighted by atomic mass is 10.1. The molecule has 4 aromatic heterocycles. The molecule has 0 bridgehead atoms. The predicted octanol–water partition coefficient (Wildman–Crippen LogP) is 7.88. The van der Waals surface area contributed by atoms with Crippen LogP contribution in [0.3, 0.4) is 0 Å². The number of hydrogen-bond donors (Lipinski definition) is 0. The van der Waals surface area contributed by atoms with Gasteiger partial charge < -0.3 is 0 Å². The Balaban J connectivity index is 1.43.